The van der Waals surface area contributed by atoms with Crippen molar-refractivity contribution >= 4 is 28.9 Å². The number of benzene rings is 2. The standard InChI is InChI=1S/C14H13Cl2NO2/c15-11-5-4-9(8-18)6-13(11)17-7-10-2-1-3-12(16)14(10)19/h1-6,17-19H,7-8H2. The summed E-state index contributed by atoms with van der Waals surface area (Å²) in [5, 5.41) is 22.9. The number of aliphatic hydroxyl groups excluding tert-OH is 1. The third-order valence-electron chi connectivity index (χ3n) is 2.75. The van der Waals surface area contributed by atoms with Gasteiger partial charge in [-0.2, -0.15) is 0 Å². The van der Waals surface area contributed by atoms with Gasteiger partial charge in [-0.15, -0.1) is 0 Å². The third kappa shape index (κ3) is 3.32. The molecule has 0 unspecified atom stereocenters. The van der Waals surface area contributed by atoms with Crippen LogP contribution in [0.15, 0.2) is 36.4 Å². The van der Waals surface area contributed by atoms with Gasteiger partial charge in [0.15, 0.2) is 0 Å². The average molecular weight is 298 g/mol. The molecule has 0 radical (unpaired) electrons. The summed E-state index contributed by atoms with van der Waals surface area (Å²) in [4.78, 5) is 0. The van der Waals surface area contributed by atoms with E-state index in [4.69, 9.17) is 28.3 Å². The summed E-state index contributed by atoms with van der Waals surface area (Å²) in [5.41, 5.74) is 2.15. The highest BCUT2D eigenvalue weighted by molar-refractivity contribution is 6.33. The van der Waals surface area contributed by atoms with E-state index in [9.17, 15) is 5.11 Å². The van der Waals surface area contributed by atoms with Crippen LogP contribution >= 0.6 is 23.2 Å². The van der Waals surface area contributed by atoms with Crippen LogP contribution in [0.2, 0.25) is 10.0 Å². The Kier molecular flexibility index (Phi) is 4.53. The fourth-order valence-corrected chi connectivity index (χ4v) is 2.08. The van der Waals surface area contributed by atoms with E-state index in [0.29, 0.717) is 27.8 Å². The molecule has 0 amide bonds. The van der Waals surface area contributed by atoms with Gasteiger partial charge in [0.1, 0.15) is 5.75 Å². The molecule has 5 heteroatoms. The predicted octanol–water partition coefficient (Wildman–Crippen LogP) is 3.80. The number of phenolic OH excluding ortho intramolecular Hbond substituents is 1. The Hall–Kier alpha value is -1.42. The summed E-state index contributed by atoms with van der Waals surface area (Å²) >= 11 is 11.9. The van der Waals surface area contributed by atoms with Crippen molar-refractivity contribution in [1.29, 1.82) is 0 Å². The maximum absolute atomic E-state index is 9.80. The summed E-state index contributed by atoms with van der Waals surface area (Å²) in [6.07, 6.45) is 0. The fraction of sp³-hybridized carbons (Fsp3) is 0.143. The van der Waals surface area contributed by atoms with Crippen LogP contribution < -0.4 is 5.32 Å². The van der Waals surface area contributed by atoms with Crippen molar-refractivity contribution in [2.75, 3.05) is 5.32 Å². The first kappa shape index (κ1) is 14.0. The van der Waals surface area contributed by atoms with Gasteiger partial charge in [0.2, 0.25) is 0 Å². The summed E-state index contributed by atoms with van der Waals surface area (Å²) in [7, 11) is 0. The topological polar surface area (TPSA) is 52.5 Å². The summed E-state index contributed by atoms with van der Waals surface area (Å²) in [6.45, 7) is 0.343. The molecule has 0 atom stereocenters. The molecule has 2 aromatic carbocycles. The lowest BCUT2D eigenvalue weighted by atomic mass is 10.1. The minimum atomic E-state index is -0.0474. The van der Waals surface area contributed by atoms with Crippen LogP contribution in [0.5, 0.6) is 5.75 Å². The van der Waals surface area contributed by atoms with Crippen LogP contribution in [0.3, 0.4) is 0 Å². The molecule has 0 aliphatic heterocycles. The minimum absolute atomic E-state index is 0.0474. The average Bonchev–Trinajstić information content (AvgIpc) is 2.42. The number of anilines is 1. The van der Waals surface area contributed by atoms with E-state index in [-0.39, 0.29) is 12.4 Å². The maximum atomic E-state index is 9.80. The number of hydrogen-bond donors (Lipinski definition) is 3. The largest absolute Gasteiger partial charge is 0.506 e. The number of aromatic hydroxyl groups is 1. The zero-order valence-corrected chi connectivity index (χ0v) is 11.5. The zero-order chi connectivity index (χ0) is 13.8. The van der Waals surface area contributed by atoms with Gasteiger partial charge in [-0.25, -0.2) is 0 Å². The first-order valence-electron chi connectivity index (χ1n) is 5.71. The second-order valence-electron chi connectivity index (χ2n) is 4.07. The molecule has 3 nitrogen and oxygen atoms in total. The van der Waals surface area contributed by atoms with Gasteiger partial charge in [0.05, 0.1) is 22.3 Å². The van der Waals surface area contributed by atoms with Crippen molar-refractivity contribution < 1.29 is 10.2 Å². The van der Waals surface area contributed by atoms with Crippen LogP contribution in [0, 0.1) is 0 Å². The molecule has 0 spiro atoms. The number of halogens is 2. The highest BCUT2D eigenvalue weighted by Gasteiger charge is 2.06. The second-order valence-corrected chi connectivity index (χ2v) is 4.89. The Morgan fingerprint density at radius 1 is 1.05 bits per heavy atom. The number of nitrogens with one attached hydrogen (secondary N) is 1. The van der Waals surface area contributed by atoms with Crippen molar-refractivity contribution in [2.45, 2.75) is 13.2 Å². The van der Waals surface area contributed by atoms with Gasteiger partial charge in [0.25, 0.3) is 0 Å². The molecule has 0 aliphatic rings. The molecule has 2 rings (SSSR count). The molecule has 0 saturated heterocycles. The van der Waals surface area contributed by atoms with E-state index in [1.165, 1.54) is 0 Å². The highest BCUT2D eigenvalue weighted by atomic mass is 35.5. The Balaban J connectivity index is 2.16. The number of para-hydroxylation sites is 1. The molecule has 0 fully saturated rings. The van der Waals surface area contributed by atoms with Crippen LogP contribution in [-0.4, -0.2) is 10.2 Å². The molecular weight excluding hydrogens is 285 g/mol. The van der Waals surface area contributed by atoms with Crippen molar-refractivity contribution in [2.24, 2.45) is 0 Å². The van der Waals surface area contributed by atoms with Crippen LogP contribution in [0.25, 0.3) is 0 Å². The molecule has 100 valence electrons. The Morgan fingerprint density at radius 2 is 1.84 bits per heavy atom. The minimum Gasteiger partial charge on any atom is -0.506 e. The lowest BCUT2D eigenvalue weighted by molar-refractivity contribution is 0.282. The lowest BCUT2D eigenvalue weighted by Gasteiger charge is -2.11. The molecule has 19 heavy (non-hydrogen) atoms. The van der Waals surface area contributed by atoms with Crippen LogP contribution in [-0.2, 0) is 13.2 Å². The molecule has 3 N–H and O–H groups in total. The van der Waals surface area contributed by atoms with Gasteiger partial charge < -0.3 is 15.5 Å². The maximum Gasteiger partial charge on any atom is 0.139 e. The third-order valence-corrected chi connectivity index (χ3v) is 3.39. The Morgan fingerprint density at radius 3 is 2.58 bits per heavy atom. The fourth-order valence-electron chi connectivity index (χ4n) is 1.70. The van der Waals surface area contributed by atoms with E-state index in [0.717, 1.165) is 5.56 Å². The molecule has 0 aliphatic carbocycles. The van der Waals surface area contributed by atoms with Crippen molar-refractivity contribution in [3.05, 3.63) is 57.6 Å². The normalized spacial score (nSPS) is 10.5. The van der Waals surface area contributed by atoms with Gasteiger partial charge in [-0.1, -0.05) is 41.4 Å². The van der Waals surface area contributed by atoms with Gasteiger partial charge in [-0.3, -0.25) is 0 Å². The molecule has 0 heterocycles. The van der Waals surface area contributed by atoms with Gasteiger partial charge >= 0.3 is 0 Å². The summed E-state index contributed by atoms with van der Waals surface area (Å²) < 4.78 is 0. The van der Waals surface area contributed by atoms with E-state index in [2.05, 4.69) is 5.32 Å². The molecule has 2 aromatic rings. The van der Waals surface area contributed by atoms with Crippen LogP contribution in [0.4, 0.5) is 5.69 Å². The molecule has 0 saturated carbocycles. The number of rotatable bonds is 4. The quantitative estimate of drug-likeness (QED) is 0.804. The van der Waals surface area contributed by atoms with Crippen molar-refractivity contribution in [3.63, 3.8) is 0 Å². The zero-order valence-electron chi connectivity index (χ0n) is 10.0. The van der Waals surface area contributed by atoms with E-state index < -0.39 is 0 Å². The Labute approximate surface area is 121 Å². The highest BCUT2D eigenvalue weighted by Crippen LogP contribution is 2.29. The first-order chi connectivity index (χ1) is 9.11. The number of hydrogen-bond acceptors (Lipinski definition) is 3. The monoisotopic (exact) mass is 297 g/mol. The lowest BCUT2D eigenvalue weighted by Crippen LogP contribution is -2.01. The first-order valence-corrected chi connectivity index (χ1v) is 6.47. The Bertz CT molecular complexity index is 588. The van der Waals surface area contributed by atoms with Gasteiger partial charge in [-0.05, 0) is 23.8 Å². The summed E-state index contributed by atoms with van der Waals surface area (Å²) in [5.74, 6) is 0.0612. The van der Waals surface area contributed by atoms with Gasteiger partial charge in [0, 0.05) is 12.1 Å². The van der Waals surface area contributed by atoms with Crippen molar-refractivity contribution in [3.8, 4) is 5.75 Å². The van der Waals surface area contributed by atoms with Crippen LogP contribution in [0.1, 0.15) is 11.1 Å². The van der Waals surface area contributed by atoms with E-state index >= 15 is 0 Å². The molecular formula is C14H13Cl2NO2. The number of aliphatic hydroxyl groups is 1. The van der Waals surface area contributed by atoms with E-state index in [1.54, 1.807) is 36.4 Å². The smallest absolute Gasteiger partial charge is 0.139 e. The predicted molar refractivity (Wildman–Crippen MR) is 77.8 cm³/mol. The SMILES string of the molecule is OCc1ccc(Cl)c(NCc2cccc(Cl)c2O)c1. The summed E-state index contributed by atoms with van der Waals surface area (Å²) in [6, 6.07) is 10.4. The number of phenols is 1. The second kappa shape index (κ2) is 6.15. The molecule has 0 bridgehead atoms. The van der Waals surface area contributed by atoms with E-state index in [1.807, 2.05) is 0 Å². The molecule has 0 aromatic heterocycles. The van der Waals surface area contributed by atoms with Crippen molar-refractivity contribution in [1.82, 2.24) is 0 Å².